The Balaban J connectivity index is 1.63. The van der Waals surface area contributed by atoms with E-state index in [0.29, 0.717) is 6.61 Å². The quantitative estimate of drug-likeness (QED) is 0.143. The number of hydrogen-bond donors (Lipinski definition) is 0. The molecule has 0 spiro atoms. The molecule has 0 fully saturated rings. The Bertz CT molecular complexity index is 1350. The third-order valence-electron chi connectivity index (χ3n) is 6.87. The van der Waals surface area contributed by atoms with Crippen LogP contribution in [0, 0.1) is 11.3 Å². The van der Waals surface area contributed by atoms with Crippen LogP contribution >= 0.6 is 0 Å². The van der Waals surface area contributed by atoms with E-state index in [9.17, 15) is 13.7 Å². The van der Waals surface area contributed by atoms with E-state index < -0.39 is 23.4 Å². The lowest BCUT2D eigenvalue weighted by Gasteiger charge is -2.43. The maximum Gasteiger partial charge on any atom is 0.261 e. The molecular formula is C33H39NO3SSi. The lowest BCUT2D eigenvalue weighted by Crippen LogP contribution is -2.66. The molecule has 3 rings (SSSR count). The van der Waals surface area contributed by atoms with Crippen LogP contribution in [0.25, 0.3) is 0 Å². The molecule has 0 bridgehead atoms. The van der Waals surface area contributed by atoms with Gasteiger partial charge in [-0.25, -0.2) is 8.42 Å². The Morgan fingerprint density at radius 2 is 1.44 bits per heavy atom. The summed E-state index contributed by atoms with van der Waals surface area (Å²) in [4.78, 5) is 0.181. The summed E-state index contributed by atoms with van der Waals surface area (Å²) in [5, 5.41) is 10.9. The SMILES string of the molecule is C/C(=C\C=C\CCCO[Si](c1ccccc1)(c1ccccc1)C(C)(C)C)CC(C#N)S(=O)(=O)c1ccccc1. The summed E-state index contributed by atoms with van der Waals surface area (Å²) < 4.78 is 32.6. The van der Waals surface area contributed by atoms with Crippen LogP contribution in [0.5, 0.6) is 0 Å². The summed E-state index contributed by atoms with van der Waals surface area (Å²) in [6, 6.07) is 31.4. The Morgan fingerprint density at radius 1 is 0.923 bits per heavy atom. The maximum absolute atomic E-state index is 12.8. The van der Waals surface area contributed by atoms with E-state index in [-0.39, 0.29) is 16.4 Å². The summed E-state index contributed by atoms with van der Waals surface area (Å²) in [6.07, 6.45) is 7.80. The van der Waals surface area contributed by atoms with Crippen LogP contribution in [-0.4, -0.2) is 28.6 Å². The van der Waals surface area contributed by atoms with E-state index in [1.54, 1.807) is 18.2 Å². The molecule has 39 heavy (non-hydrogen) atoms. The Kier molecular flexibility index (Phi) is 10.6. The minimum Gasteiger partial charge on any atom is -0.407 e. The minimum atomic E-state index is -3.70. The first kappa shape index (κ1) is 30.3. The molecule has 0 saturated carbocycles. The fraction of sp³-hybridized carbons (Fsp3) is 0.303. The molecule has 0 radical (unpaired) electrons. The summed E-state index contributed by atoms with van der Waals surface area (Å²) in [5.74, 6) is 0. The zero-order chi connectivity index (χ0) is 28.4. The maximum atomic E-state index is 12.8. The number of nitriles is 1. The van der Waals surface area contributed by atoms with Gasteiger partial charge in [-0.05, 0) is 53.7 Å². The molecule has 4 nitrogen and oxygen atoms in total. The molecule has 1 unspecified atom stereocenters. The van der Waals surface area contributed by atoms with Gasteiger partial charge in [-0.1, -0.05) is 123 Å². The molecule has 0 aromatic heterocycles. The van der Waals surface area contributed by atoms with E-state index in [1.807, 2.05) is 37.3 Å². The van der Waals surface area contributed by atoms with Crippen LogP contribution in [0.2, 0.25) is 5.04 Å². The van der Waals surface area contributed by atoms with Crippen molar-refractivity contribution in [3.05, 3.63) is 115 Å². The smallest absolute Gasteiger partial charge is 0.261 e. The lowest BCUT2D eigenvalue weighted by molar-refractivity contribution is 0.293. The van der Waals surface area contributed by atoms with Gasteiger partial charge < -0.3 is 4.43 Å². The van der Waals surface area contributed by atoms with E-state index in [4.69, 9.17) is 4.43 Å². The first-order valence-electron chi connectivity index (χ1n) is 13.4. The molecular weight excluding hydrogens is 519 g/mol. The number of nitrogens with zero attached hydrogens (tertiary/aromatic N) is 1. The summed E-state index contributed by atoms with van der Waals surface area (Å²) >= 11 is 0. The predicted molar refractivity (Wildman–Crippen MR) is 163 cm³/mol. The lowest BCUT2D eigenvalue weighted by atomic mass is 10.1. The van der Waals surface area contributed by atoms with Gasteiger partial charge in [0.2, 0.25) is 0 Å². The number of hydrogen-bond acceptors (Lipinski definition) is 4. The highest BCUT2D eigenvalue weighted by Crippen LogP contribution is 2.36. The van der Waals surface area contributed by atoms with Crippen molar-refractivity contribution in [1.29, 1.82) is 5.26 Å². The molecule has 0 saturated heterocycles. The average Bonchev–Trinajstić information content (AvgIpc) is 2.94. The molecule has 1 atom stereocenters. The second-order valence-electron chi connectivity index (χ2n) is 10.8. The van der Waals surface area contributed by atoms with Crippen molar-refractivity contribution in [3.63, 3.8) is 0 Å². The number of unbranched alkanes of at least 4 members (excludes halogenated alkanes) is 1. The molecule has 3 aromatic rings. The normalized spacial score (nSPS) is 13.8. The second-order valence-corrected chi connectivity index (χ2v) is 17.2. The van der Waals surface area contributed by atoms with Crippen LogP contribution in [0.1, 0.15) is 47.0 Å². The minimum absolute atomic E-state index is 0.0528. The van der Waals surface area contributed by atoms with E-state index in [1.165, 1.54) is 22.5 Å². The fourth-order valence-corrected chi connectivity index (χ4v) is 11.0. The number of sulfone groups is 1. The third kappa shape index (κ3) is 7.45. The van der Waals surface area contributed by atoms with Gasteiger partial charge in [-0.15, -0.1) is 0 Å². The van der Waals surface area contributed by atoms with Crippen LogP contribution in [-0.2, 0) is 14.3 Å². The first-order chi connectivity index (χ1) is 18.6. The predicted octanol–water partition coefficient (Wildman–Crippen LogP) is 6.60. The largest absolute Gasteiger partial charge is 0.407 e. The number of benzene rings is 3. The molecule has 0 N–H and O–H groups in total. The van der Waals surface area contributed by atoms with Crippen molar-refractivity contribution in [2.45, 2.75) is 62.1 Å². The average molecular weight is 558 g/mol. The van der Waals surface area contributed by atoms with Gasteiger partial charge in [-0.3, -0.25) is 0 Å². The highest BCUT2D eigenvalue weighted by Gasteiger charge is 2.49. The summed E-state index contributed by atoms with van der Waals surface area (Å²) in [7, 11) is -6.23. The molecule has 0 aliphatic heterocycles. The zero-order valence-electron chi connectivity index (χ0n) is 23.4. The first-order valence-corrected chi connectivity index (χ1v) is 16.8. The van der Waals surface area contributed by atoms with Crippen molar-refractivity contribution in [2.24, 2.45) is 0 Å². The van der Waals surface area contributed by atoms with Gasteiger partial charge in [-0.2, -0.15) is 5.26 Å². The number of rotatable bonds is 12. The van der Waals surface area contributed by atoms with Crippen LogP contribution in [0.4, 0.5) is 0 Å². The standard InChI is InChI=1S/C33H39NO3SSi/c1-28(26-30(27-34)38(35,36)29-19-11-7-12-20-29)18-10-5-6-17-25-37-39(33(2,3)4,31-21-13-8-14-22-31)32-23-15-9-16-24-32/h5,7-16,18-24,30H,6,17,25-26H2,1-4H3/b10-5+,28-18+. The molecule has 0 heterocycles. The van der Waals surface area contributed by atoms with Gasteiger partial charge in [0, 0.05) is 6.61 Å². The van der Waals surface area contributed by atoms with Crippen molar-refractivity contribution in [1.82, 2.24) is 0 Å². The van der Waals surface area contributed by atoms with Crippen LogP contribution in [0.3, 0.4) is 0 Å². The third-order valence-corrected chi connectivity index (χ3v) is 13.9. The van der Waals surface area contributed by atoms with E-state index >= 15 is 0 Å². The van der Waals surface area contributed by atoms with Gasteiger partial charge in [0.1, 0.15) is 0 Å². The molecule has 6 heteroatoms. The highest BCUT2D eigenvalue weighted by molar-refractivity contribution is 7.92. The van der Waals surface area contributed by atoms with Crippen molar-refractivity contribution in [3.8, 4) is 6.07 Å². The van der Waals surface area contributed by atoms with Gasteiger partial charge in [0.05, 0.1) is 11.0 Å². The topological polar surface area (TPSA) is 67.2 Å². The Hall–Kier alpha value is -3.24. The van der Waals surface area contributed by atoms with Crippen LogP contribution < -0.4 is 10.4 Å². The van der Waals surface area contributed by atoms with Gasteiger partial charge in [0.15, 0.2) is 15.1 Å². The van der Waals surface area contributed by atoms with Gasteiger partial charge in [0.25, 0.3) is 8.32 Å². The Morgan fingerprint density at radius 3 is 1.92 bits per heavy atom. The summed E-state index contributed by atoms with van der Waals surface area (Å²) in [5.41, 5.74) is 0.848. The zero-order valence-corrected chi connectivity index (χ0v) is 25.2. The van der Waals surface area contributed by atoms with Crippen molar-refractivity contribution >= 4 is 28.5 Å². The fourth-order valence-electron chi connectivity index (χ4n) is 4.88. The summed E-state index contributed by atoms with van der Waals surface area (Å²) in [6.45, 7) is 9.34. The van der Waals surface area contributed by atoms with Crippen LogP contribution in [0.15, 0.2) is 120 Å². The van der Waals surface area contributed by atoms with Crippen molar-refractivity contribution < 1.29 is 12.8 Å². The Labute approximate surface area is 235 Å². The highest BCUT2D eigenvalue weighted by atomic mass is 32.2. The van der Waals surface area contributed by atoms with Gasteiger partial charge >= 0.3 is 0 Å². The van der Waals surface area contributed by atoms with E-state index in [2.05, 4.69) is 75.4 Å². The molecule has 0 amide bonds. The monoisotopic (exact) mass is 557 g/mol. The second kappa shape index (κ2) is 13.7. The molecule has 3 aromatic carbocycles. The molecule has 0 aliphatic carbocycles. The van der Waals surface area contributed by atoms with Crippen molar-refractivity contribution in [2.75, 3.05) is 6.61 Å². The van der Waals surface area contributed by atoms with E-state index in [0.717, 1.165) is 18.4 Å². The molecule has 204 valence electrons. The molecule has 0 aliphatic rings. The number of allylic oxidation sites excluding steroid dienone is 4.